The summed E-state index contributed by atoms with van der Waals surface area (Å²) < 4.78 is 5.91. The molecule has 0 radical (unpaired) electrons. The van der Waals surface area contributed by atoms with Crippen molar-refractivity contribution in [3.63, 3.8) is 0 Å². The molecule has 0 aliphatic carbocycles. The van der Waals surface area contributed by atoms with Crippen molar-refractivity contribution in [2.24, 2.45) is 0 Å². The number of nitrogens with two attached hydrogens (primary N) is 1. The van der Waals surface area contributed by atoms with E-state index in [0.29, 0.717) is 22.6 Å². The quantitative estimate of drug-likeness (QED) is 0.909. The maximum absolute atomic E-state index is 12.5. The molecule has 1 amide bonds. The molecular weight excluding hydrogens is 324 g/mol. The second kappa shape index (κ2) is 5.24. The summed E-state index contributed by atoms with van der Waals surface area (Å²) in [6, 6.07) is 5.15. The molecular formula is C13H13BrN4O2. The summed E-state index contributed by atoms with van der Waals surface area (Å²) in [4.78, 5) is 14.3. The van der Waals surface area contributed by atoms with E-state index in [4.69, 9.17) is 10.2 Å². The van der Waals surface area contributed by atoms with Crippen molar-refractivity contribution in [1.82, 2.24) is 15.1 Å². The van der Waals surface area contributed by atoms with E-state index in [1.54, 1.807) is 17.0 Å². The molecule has 0 saturated carbocycles. The summed E-state index contributed by atoms with van der Waals surface area (Å²) >= 11 is 3.31. The molecule has 3 rings (SSSR count). The molecule has 6 nitrogen and oxygen atoms in total. The Morgan fingerprint density at radius 2 is 2.25 bits per heavy atom. The zero-order valence-corrected chi connectivity index (χ0v) is 12.2. The Morgan fingerprint density at radius 3 is 2.90 bits per heavy atom. The van der Waals surface area contributed by atoms with Crippen molar-refractivity contribution in [3.8, 4) is 0 Å². The molecule has 0 aromatic carbocycles. The highest BCUT2D eigenvalue weighted by Gasteiger charge is 2.33. The Bertz CT molecular complexity index is 626. The lowest BCUT2D eigenvalue weighted by Gasteiger charge is -2.23. The second-order valence-corrected chi connectivity index (χ2v) is 5.49. The molecule has 1 aliphatic rings. The van der Waals surface area contributed by atoms with E-state index in [9.17, 15) is 4.79 Å². The van der Waals surface area contributed by atoms with Crippen LogP contribution >= 0.6 is 15.9 Å². The fourth-order valence-electron chi connectivity index (χ4n) is 2.42. The Kier molecular flexibility index (Phi) is 3.43. The Labute approximate surface area is 124 Å². The fraction of sp³-hybridized carbons (Fsp3) is 0.308. The van der Waals surface area contributed by atoms with Crippen LogP contribution in [-0.4, -0.2) is 27.5 Å². The van der Waals surface area contributed by atoms with E-state index in [2.05, 4.69) is 26.1 Å². The molecule has 0 bridgehead atoms. The number of carbonyl (C=O) groups is 1. The smallest absolute Gasteiger partial charge is 0.291 e. The van der Waals surface area contributed by atoms with Crippen LogP contribution in [0.2, 0.25) is 0 Å². The van der Waals surface area contributed by atoms with Crippen LogP contribution in [0, 0.1) is 0 Å². The molecule has 1 saturated heterocycles. The minimum Gasteiger partial charge on any atom is -0.458 e. The first-order valence-corrected chi connectivity index (χ1v) is 7.09. The maximum Gasteiger partial charge on any atom is 0.291 e. The first-order chi connectivity index (χ1) is 9.66. The number of rotatable bonds is 2. The minimum atomic E-state index is -0.136. The predicted octanol–water partition coefficient (Wildman–Crippen LogP) is 2.39. The molecule has 1 unspecified atom stereocenters. The molecule has 104 valence electrons. The van der Waals surface area contributed by atoms with Gasteiger partial charge in [0.2, 0.25) is 5.76 Å². The van der Waals surface area contributed by atoms with Gasteiger partial charge in [-0.3, -0.25) is 4.79 Å². The highest BCUT2D eigenvalue weighted by atomic mass is 79.9. The Morgan fingerprint density at radius 1 is 1.40 bits per heavy atom. The zero-order chi connectivity index (χ0) is 14.1. The third kappa shape index (κ3) is 2.29. The van der Waals surface area contributed by atoms with E-state index in [-0.39, 0.29) is 11.9 Å². The first kappa shape index (κ1) is 13.1. The van der Waals surface area contributed by atoms with Crippen molar-refractivity contribution in [2.45, 2.75) is 18.9 Å². The van der Waals surface area contributed by atoms with Gasteiger partial charge in [0.15, 0.2) is 0 Å². The number of hydrogen-bond acceptors (Lipinski definition) is 5. The predicted molar refractivity (Wildman–Crippen MR) is 75.9 cm³/mol. The molecule has 1 fully saturated rings. The number of aromatic nitrogens is 2. The van der Waals surface area contributed by atoms with Gasteiger partial charge in [-0.15, -0.1) is 5.10 Å². The summed E-state index contributed by atoms with van der Waals surface area (Å²) in [5, 5.41) is 7.94. The van der Waals surface area contributed by atoms with E-state index in [0.717, 1.165) is 18.5 Å². The number of amides is 1. The molecule has 2 N–H and O–H groups in total. The average molecular weight is 337 g/mol. The van der Waals surface area contributed by atoms with Crippen molar-refractivity contribution in [1.29, 1.82) is 0 Å². The van der Waals surface area contributed by atoms with E-state index in [1.165, 1.54) is 6.26 Å². The van der Waals surface area contributed by atoms with Crippen LogP contribution in [0.5, 0.6) is 0 Å². The average Bonchev–Trinajstić information content (AvgIpc) is 3.07. The van der Waals surface area contributed by atoms with Crippen LogP contribution in [0.1, 0.15) is 35.1 Å². The highest BCUT2D eigenvalue weighted by Crippen LogP contribution is 2.33. The molecule has 2 aromatic heterocycles. The number of carbonyl (C=O) groups excluding carboxylic acids is 1. The van der Waals surface area contributed by atoms with E-state index < -0.39 is 0 Å². The SMILES string of the molecule is Nc1ccc(C2CCCN2C(=O)c2occc2Br)nn1. The molecule has 7 heteroatoms. The lowest BCUT2D eigenvalue weighted by Crippen LogP contribution is -2.31. The summed E-state index contributed by atoms with van der Waals surface area (Å²) in [7, 11) is 0. The summed E-state index contributed by atoms with van der Waals surface area (Å²) in [6.45, 7) is 0.683. The second-order valence-electron chi connectivity index (χ2n) is 4.64. The highest BCUT2D eigenvalue weighted by molar-refractivity contribution is 9.10. The molecule has 1 atom stereocenters. The number of hydrogen-bond donors (Lipinski definition) is 1. The maximum atomic E-state index is 12.5. The number of halogens is 1. The third-order valence-corrected chi connectivity index (χ3v) is 4.00. The first-order valence-electron chi connectivity index (χ1n) is 6.30. The van der Waals surface area contributed by atoms with E-state index in [1.807, 2.05) is 6.07 Å². The van der Waals surface area contributed by atoms with Gasteiger partial charge < -0.3 is 15.1 Å². The number of anilines is 1. The van der Waals surface area contributed by atoms with Crippen LogP contribution in [0.25, 0.3) is 0 Å². The zero-order valence-electron chi connectivity index (χ0n) is 10.6. The summed E-state index contributed by atoms with van der Waals surface area (Å²) in [5.74, 6) is 0.557. The molecule has 2 aromatic rings. The van der Waals surface area contributed by atoms with Gasteiger partial charge >= 0.3 is 0 Å². The van der Waals surface area contributed by atoms with Gasteiger partial charge in [0, 0.05) is 6.54 Å². The van der Waals surface area contributed by atoms with Gasteiger partial charge in [0.1, 0.15) is 5.82 Å². The number of likely N-dealkylation sites (tertiary alicyclic amines) is 1. The summed E-state index contributed by atoms with van der Waals surface area (Å²) in [6.07, 6.45) is 3.29. The lowest BCUT2D eigenvalue weighted by molar-refractivity contribution is 0.0698. The van der Waals surface area contributed by atoms with Gasteiger partial charge in [-0.2, -0.15) is 5.10 Å². The normalized spacial score (nSPS) is 18.4. The van der Waals surface area contributed by atoms with E-state index >= 15 is 0 Å². The van der Waals surface area contributed by atoms with Crippen LogP contribution in [0.15, 0.2) is 33.4 Å². The lowest BCUT2D eigenvalue weighted by atomic mass is 10.1. The summed E-state index contributed by atoms with van der Waals surface area (Å²) in [5.41, 5.74) is 6.30. The van der Waals surface area contributed by atoms with Gasteiger partial charge in [0.25, 0.3) is 5.91 Å². The van der Waals surface area contributed by atoms with Crippen LogP contribution < -0.4 is 5.73 Å². The van der Waals surface area contributed by atoms with Crippen molar-refractivity contribution in [3.05, 3.63) is 40.4 Å². The number of furan rings is 1. The Balaban J connectivity index is 1.87. The molecule has 20 heavy (non-hydrogen) atoms. The van der Waals surface area contributed by atoms with Gasteiger partial charge in [0.05, 0.1) is 22.5 Å². The van der Waals surface area contributed by atoms with Crippen LogP contribution in [0.4, 0.5) is 5.82 Å². The molecule has 1 aliphatic heterocycles. The van der Waals surface area contributed by atoms with Crippen molar-refractivity contribution < 1.29 is 9.21 Å². The number of nitrogen functional groups attached to an aromatic ring is 1. The minimum absolute atomic E-state index is 0.0763. The monoisotopic (exact) mass is 336 g/mol. The van der Waals surface area contributed by atoms with Crippen LogP contribution in [0.3, 0.4) is 0 Å². The van der Waals surface area contributed by atoms with Crippen molar-refractivity contribution in [2.75, 3.05) is 12.3 Å². The van der Waals surface area contributed by atoms with Crippen LogP contribution in [-0.2, 0) is 0 Å². The largest absolute Gasteiger partial charge is 0.458 e. The fourth-order valence-corrected chi connectivity index (χ4v) is 2.80. The van der Waals surface area contributed by atoms with Gasteiger partial charge in [-0.05, 0) is 47.0 Å². The third-order valence-electron chi connectivity index (χ3n) is 3.37. The van der Waals surface area contributed by atoms with Crippen molar-refractivity contribution >= 4 is 27.7 Å². The molecule has 3 heterocycles. The van der Waals surface area contributed by atoms with Gasteiger partial charge in [-0.1, -0.05) is 0 Å². The molecule has 0 spiro atoms. The van der Waals surface area contributed by atoms with Gasteiger partial charge in [-0.25, -0.2) is 0 Å². The Hall–Kier alpha value is -1.89. The number of nitrogens with zero attached hydrogens (tertiary/aromatic N) is 3. The standard InChI is InChI=1S/C13H13BrN4O2/c14-8-5-7-20-12(8)13(19)18-6-1-2-10(18)9-3-4-11(15)17-16-9/h3-5,7,10H,1-2,6H2,(H2,15,17). The topological polar surface area (TPSA) is 85.2 Å².